The number of aromatic nitrogens is 1. The molecular formula is C16H22N2OS2. The minimum absolute atomic E-state index is 0.259. The molecule has 2 aromatic heterocycles. The van der Waals surface area contributed by atoms with Crippen LogP contribution in [0.2, 0.25) is 0 Å². The minimum atomic E-state index is -0.259. The van der Waals surface area contributed by atoms with Gasteiger partial charge in [0, 0.05) is 28.8 Å². The van der Waals surface area contributed by atoms with Crippen molar-refractivity contribution in [3.8, 4) is 0 Å². The molecule has 3 rings (SSSR count). The van der Waals surface area contributed by atoms with Gasteiger partial charge in [-0.3, -0.25) is 4.90 Å². The van der Waals surface area contributed by atoms with Crippen LogP contribution in [-0.4, -0.2) is 34.2 Å². The van der Waals surface area contributed by atoms with E-state index in [0.29, 0.717) is 5.92 Å². The lowest BCUT2D eigenvalue weighted by Crippen LogP contribution is -2.42. The normalized spacial score (nSPS) is 23.6. The number of thiophene rings is 1. The van der Waals surface area contributed by atoms with E-state index in [-0.39, 0.29) is 6.10 Å². The van der Waals surface area contributed by atoms with Gasteiger partial charge in [0.2, 0.25) is 0 Å². The summed E-state index contributed by atoms with van der Waals surface area (Å²) in [5, 5.41) is 13.8. The van der Waals surface area contributed by atoms with E-state index in [9.17, 15) is 5.11 Å². The molecule has 2 atom stereocenters. The third-order valence-corrected chi connectivity index (χ3v) is 6.48. The Morgan fingerprint density at radius 2 is 2.19 bits per heavy atom. The van der Waals surface area contributed by atoms with Gasteiger partial charge in [-0.15, -0.1) is 22.7 Å². The summed E-state index contributed by atoms with van der Waals surface area (Å²) < 4.78 is 0. The van der Waals surface area contributed by atoms with Crippen LogP contribution in [0.3, 0.4) is 0 Å². The molecule has 0 bridgehead atoms. The Balaban J connectivity index is 1.66. The standard InChI is InChI=1S/C16H22N2OS2/c1-10-5-7-20-16(10)13-4-6-18(8-14(13)19)9-15-11(2)17-12(3)21-15/h5,7,13-14,19H,4,6,8-9H2,1-3H3/t13-,14-/m0/s1. The van der Waals surface area contributed by atoms with E-state index in [1.54, 1.807) is 22.7 Å². The van der Waals surface area contributed by atoms with Gasteiger partial charge in [0.1, 0.15) is 0 Å². The molecular weight excluding hydrogens is 300 g/mol. The van der Waals surface area contributed by atoms with E-state index in [2.05, 4.69) is 42.1 Å². The number of nitrogens with zero attached hydrogens (tertiary/aromatic N) is 2. The van der Waals surface area contributed by atoms with Gasteiger partial charge in [0.15, 0.2) is 0 Å². The second-order valence-corrected chi connectivity index (χ2v) is 8.14. The van der Waals surface area contributed by atoms with Crippen molar-refractivity contribution in [2.45, 2.75) is 45.8 Å². The fourth-order valence-corrected chi connectivity index (χ4v) is 5.24. The number of rotatable bonds is 3. The van der Waals surface area contributed by atoms with E-state index in [1.807, 2.05) is 0 Å². The molecule has 21 heavy (non-hydrogen) atoms. The Morgan fingerprint density at radius 1 is 1.38 bits per heavy atom. The minimum Gasteiger partial charge on any atom is -0.391 e. The molecule has 2 aromatic rings. The first-order valence-corrected chi connectivity index (χ1v) is 9.11. The van der Waals surface area contributed by atoms with Crippen LogP contribution < -0.4 is 0 Å². The summed E-state index contributed by atoms with van der Waals surface area (Å²) in [5.41, 5.74) is 2.47. The number of aliphatic hydroxyl groups excluding tert-OH is 1. The van der Waals surface area contributed by atoms with Crippen LogP contribution in [-0.2, 0) is 6.54 Å². The van der Waals surface area contributed by atoms with E-state index in [1.165, 1.54) is 15.3 Å². The first-order chi connectivity index (χ1) is 10.0. The summed E-state index contributed by atoms with van der Waals surface area (Å²) >= 11 is 3.56. The molecule has 1 aliphatic rings. The monoisotopic (exact) mass is 322 g/mol. The van der Waals surface area contributed by atoms with E-state index >= 15 is 0 Å². The number of aliphatic hydroxyl groups is 1. The topological polar surface area (TPSA) is 36.4 Å². The number of hydrogen-bond acceptors (Lipinski definition) is 5. The highest BCUT2D eigenvalue weighted by Gasteiger charge is 2.30. The zero-order valence-electron chi connectivity index (χ0n) is 12.8. The second-order valence-electron chi connectivity index (χ2n) is 5.91. The molecule has 0 radical (unpaired) electrons. The quantitative estimate of drug-likeness (QED) is 0.940. The first-order valence-electron chi connectivity index (χ1n) is 7.42. The maximum atomic E-state index is 10.5. The summed E-state index contributed by atoms with van der Waals surface area (Å²) in [6, 6.07) is 2.16. The smallest absolute Gasteiger partial charge is 0.0900 e. The number of thiazole rings is 1. The van der Waals surface area contributed by atoms with Gasteiger partial charge in [-0.2, -0.15) is 0 Å². The maximum Gasteiger partial charge on any atom is 0.0900 e. The fraction of sp³-hybridized carbons (Fsp3) is 0.562. The Labute approximate surface area is 134 Å². The molecule has 114 valence electrons. The number of β-amino-alcohol motifs (C(OH)–C–C–N with tert-alkyl or cyclic N) is 1. The van der Waals surface area contributed by atoms with Gasteiger partial charge in [-0.1, -0.05) is 0 Å². The lowest BCUT2D eigenvalue weighted by molar-refractivity contribution is 0.0489. The molecule has 0 unspecified atom stereocenters. The molecule has 0 aliphatic carbocycles. The van der Waals surface area contributed by atoms with Crippen LogP contribution in [0.1, 0.15) is 38.4 Å². The van der Waals surface area contributed by atoms with Crippen molar-refractivity contribution in [2.24, 2.45) is 0 Å². The number of likely N-dealkylation sites (tertiary alicyclic amines) is 1. The summed E-state index contributed by atoms with van der Waals surface area (Å²) in [7, 11) is 0. The van der Waals surface area contributed by atoms with Crippen molar-refractivity contribution in [1.29, 1.82) is 0 Å². The highest BCUT2D eigenvalue weighted by atomic mass is 32.1. The molecule has 1 saturated heterocycles. The van der Waals surface area contributed by atoms with Gasteiger partial charge >= 0.3 is 0 Å². The van der Waals surface area contributed by atoms with Crippen LogP contribution in [0.5, 0.6) is 0 Å². The zero-order chi connectivity index (χ0) is 15.0. The zero-order valence-corrected chi connectivity index (χ0v) is 14.4. The van der Waals surface area contributed by atoms with Crippen LogP contribution in [0.4, 0.5) is 0 Å². The lowest BCUT2D eigenvalue weighted by atomic mass is 9.90. The van der Waals surface area contributed by atoms with Gasteiger partial charge in [0.05, 0.1) is 16.8 Å². The van der Waals surface area contributed by atoms with Crippen LogP contribution in [0.15, 0.2) is 11.4 Å². The molecule has 1 fully saturated rings. The number of aryl methyl sites for hydroxylation is 3. The molecule has 0 amide bonds. The maximum absolute atomic E-state index is 10.5. The molecule has 1 aliphatic heterocycles. The fourth-order valence-electron chi connectivity index (χ4n) is 3.13. The Hall–Kier alpha value is -0.750. The predicted molar refractivity (Wildman–Crippen MR) is 89.3 cm³/mol. The second kappa shape index (κ2) is 6.16. The van der Waals surface area contributed by atoms with Crippen molar-refractivity contribution in [1.82, 2.24) is 9.88 Å². The molecule has 0 saturated carbocycles. The summed E-state index contributed by atoms with van der Waals surface area (Å²) in [6.07, 6.45) is 0.782. The van der Waals surface area contributed by atoms with Crippen LogP contribution >= 0.6 is 22.7 Å². The summed E-state index contributed by atoms with van der Waals surface area (Å²) in [5.74, 6) is 0.311. The van der Waals surface area contributed by atoms with E-state index < -0.39 is 0 Å². The van der Waals surface area contributed by atoms with Crippen molar-refractivity contribution in [3.63, 3.8) is 0 Å². The van der Waals surface area contributed by atoms with Crippen molar-refractivity contribution < 1.29 is 5.11 Å². The highest BCUT2D eigenvalue weighted by Crippen LogP contribution is 2.34. The average molecular weight is 322 g/mol. The lowest BCUT2D eigenvalue weighted by Gasteiger charge is -2.35. The number of hydrogen-bond donors (Lipinski definition) is 1. The Kier molecular flexibility index (Phi) is 4.45. The summed E-state index contributed by atoms with van der Waals surface area (Å²) in [4.78, 5) is 9.56. The van der Waals surface area contributed by atoms with Crippen LogP contribution in [0, 0.1) is 20.8 Å². The van der Waals surface area contributed by atoms with Crippen molar-refractivity contribution in [3.05, 3.63) is 37.5 Å². The molecule has 3 heterocycles. The molecule has 1 N–H and O–H groups in total. The van der Waals surface area contributed by atoms with Gasteiger partial charge in [-0.05, 0) is 50.7 Å². The van der Waals surface area contributed by atoms with E-state index in [0.717, 1.165) is 36.8 Å². The van der Waals surface area contributed by atoms with Crippen molar-refractivity contribution >= 4 is 22.7 Å². The van der Waals surface area contributed by atoms with Gasteiger partial charge in [-0.25, -0.2) is 4.98 Å². The SMILES string of the molecule is Cc1nc(C)c(CN2CC[C@H](c3sccc3C)[C@@H](O)C2)s1. The third-order valence-electron chi connectivity index (χ3n) is 4.27. The Morgan fingerprint density at radius 3 is 2.76 bits per heavy atom. The number of piperidine rings is 1. The third kappa shape index (κ3) is 3.21. The Bertz CT molecular complexity index is 620. The predicted octanol–water partition coefficient (Wildman–Crippen LogP) is 3.48. The van der Waals surface area contributed by atoms with Crippen LogP contribution in [0.25, 0.3) is 0 Å². The average Bonchev–Trinajstić information content (AvgIpc) is 2.96. The largest absolute Gasteiger partial charge is 0.391 e. The van der Waals surface area contributed by atoms with Gasteiger partial charge in [0.25, 0.3) is 0 Å². The molecule has 3 nitrogen and oxygen atoms in total. The van der Waals surface area contributed by atoms with Gasteiger partial charge < -0.3 is 5.11 Å². The highest BCUT2D eigenvalue weighted by molar-refractivity contribution is 7.11. The van der Waals surface area contributed by atoms with Crippen molar-refractivity contribution in [2.75, 3.05) is 13.1 Å². The van der Waals surface area contributed by atoms with E-state index in [4.69, 9.17) is 0 Å². The molecule has 0 aromatic carbocycles. The molecule has 0 spiro atoms. The first kappa shape index (κ1) is 15.2. The molecule has 5 heteroatoms. The summed E-state index contributed by atoms with van der Waals surface area (Å²) in [6.45, 7) is 9.02.